The van der Waals surface area contributed by atoms with E-state index in [9.17, 15) is 22.4 Å². The van der Waals surface area contributed by atoms with Crippen LogP contribution in [-0.4, -0.2) is 51.7 Å². The van der Waals surface area contributed by atoms with E-state index in [1.54, 1.807) is 17.0 Å². The quantitative estimate of drug-likeness (QED) is 0.535. The molecular weight excluding hydrogens is 471 g/mol. The van der Waals surface area contributed by atoms with Gasteiger partial charge in [-0.25, -0.2) is 4.39 Å². The lowest BCUT2D eigenvalue weighted by Crippen LogP contribution is -2.48. The predicted molar refractivity (Wildman–Crippen MR) is 112 cm³/mol. The van der Waals surface area contributed by atoms with Gasteiger partial charge in [0.1, 0.15) is 5.82 Å². The second-order valence-electron chi connectivity index (χ2n) is 8.15. The first-order valence-electron chi connectivity index (χ1n) is 10.4. The van der Waals surface area contributed by atoms with Gasteiger partial charge in [-0.2, -0.15) is 18.3 Å². The zero-order valence-electron chi connectivity index (χ0n) is 17.1. The fraction of sp³-hybridized carbons (Fsp3) is 0.524. The van der Waals surface area contributed by atoms with Crippen LogP contribution in [0.4, 0.5) is 17.6 Å². The number of aryl methyl sites for hydroxylation is 1. The molecule has 0 bridgehead atoms. The molecular formula is C21H22Cl2F4N4O. The summed E-state index contributed by atoms with van der Waals surface area (Å²) in [6.07, 6.45) is -3.06. The molecule has 1 aliphatic carbocycles. The lowest BCUT2D eigenvalue weighted by Gasteiger charge is -2.35. The minimum absolute atomic E-state index is 0.0325. The average molecular weight is 493 g/mol. The monoisotopic (exact) mass is 492 g/mol. The van der Waals surface area contributed by atoms with Crippen LogP contribution in [-0.2, 0) is 24.1 Å². The van der Waals surface area contributed by atoms with Crippen molar-refractivity contribution in [1.29, 1.82) is 0 Å². The van der Waals surface area contributed by atoms with Crippen LogP contribution in [0.25, 0.3) is 0 Å². The maximum Gasteiger partial charge on any atom is 0.436 e. The number of aromatic nitrogens is 2. The topological polar surface area (TPSA) is 41.4 Å². The van der Waals surface area contributed by atoms with Crippen molar-refractivity contribution in [2.75, 3.05) is 26.2 Å². The summed E-state index contributed by atoms with van der Waals surface area (Å²) in [6.45, 7) is 2.41. The van der Waals surface area contributed by atoms with Crippen LogP contribution in [0.3, 0.4) is 0 Å². The molecule has 1 saturated carbocycles. The Morgan fingerprint density at radius 3 is 2.41 bits per heavy atom. The third-order valence-corrected chi connectivity index (χ3v) is 6.60. The Kier molecular flexibility index (Phi) is 6.70. The van der Waals surface area contributed by atoms with E-state index in [-0.39, 0.29) is 35.6 Å². The molecule has 1 amide bonds. The molecule has 1 saturated heterocycles. The number of carbonyl (C=O) groups excluding carboxylic acids is 1. The molecule has 2 aliphatic rings. The molecule has 0 radical (unpaired) electrons. The lowest BCUT2D eigenvalue weighted by molar-refractivity contribution is -0.141. The van der Waals surface area contributed by atoms with E-state index < -0.39 is 11.9 Å². The molecule has 174 valence electrons. The zero-order chi connectivity index (χ0) is 23.0. The smallest absolute Gasteiger partial charge is 0.340 e. The number of hydrogen-bond acceptors (Lipinski definition) is 3. The van der Waals surface area contributed by atoms with Gasteiger partial charge in [0, 0.05) is 55.6 Å². The molecule has 11 heteroatoms. The molecule has 0 atom stereocenters. The van der Waals surface area contributed by atoms with Crippen LogP contribution in [0.1, 0.15) is 42.1 Å². The van der Waals surface area contributed by atoms with Crippen molar-refractivity contribution in [3.63, 3.8) is 0 Å². The van der Waals surface area contributed by atoms with Crippen LogP contribution in [0, 0.1) is 5.82 Å². The van der Waals surface area contributed by atoms with Crippen LogP contribution in [0.5, 0.6) is 0 Å². The van der Waals surface area contributed by atoms with Crippen LogP contribution in [0.15, 0.2) is 18.2 Å². The third-order valence-electron chi connectivity index (χ3n) is 5.87. The fourth-order valence-electron chi connectivity index (χ4n) is 3.97. The number of benzene rings is 1. The second-order valence-corrected chi connectivity index (χ2v) is 8.94. The molecule has 0 N–H and O–H groups in total. The van der Waals surface area contributed by atoms with Crippen molar-refractivity contribution in [1.82, 2.24) is 19.6 Å². The molecule has 0 spiro atoms. The Bertz CT molecular complexity index is 978. The summed E-state index contributed by atoms with van der Waals surface area (Å²) >= 11 is 12.1. The molecule has 2 fully saturated rings. The summed E-state index contributed by atoms with van der Waals surface area (Å²) in [5, 5.41) is 3.68. The van der Waals surface area contributed by atoms with Gasteiger partial charge in [0.2, 0.25) is 5.91 Å². The highest BCUT2D eigenvalue weighted by molar-refractivity contribution is 6.32. The molecule has 2 aromatic rings. The number of hydrogen-bond donors (Lipinski definition) is 0. The first-order valence-corrected chi connectivity index (χ1v) is 11.2. The molecule has 32 heavy (non-hydrogen) atoms. The van der Waals surface area contributed by atoms with Crippen molar-refractivity contribution in [2.45, 2.75) is 44.4 Å². The van der Waals surface area contributed by atoms with Gasteiger partial charge in [-0.05, 0) is 25.0 Å². The van der Waals surface area contributed by atoms with E-state index in [4.69, 9.17) is 23.2 Å². The van der Waals surface area contributed by atoms with Crippen LogP contribution >= 0.6 is 23.2 Å². The number of rotatable bonds is 6. The van der Waals surface area contributed by atoms with Crippen molar-refractivity contribution in [3.8, 4) is 0 Å². The molecule has 4 rings (SSSR count). The Morgan fingerprint density at radius 2 is 1.81 bits per heavy atom. The summed E-state index contributed by atoms with van der Waals surface area (Å²) in [7, 11) is 0. The van der Waals surface area contributed by atoms with E-state index in [1.165, 1.54) is 10.7 Å². The first kappa shape index (κ1) is 23.3. The summed E-state index contributed by atoms with van der Waals surface area (Å²) in [4.78, 5) is 16.3. The van der Waals surface area contributed by atoms with Gasteiger partial charge in [-0.1, -0.05) is 29.3 Å². The van der Waals surface area contributed by atoms with Crippen LogP contribution in [0.2, 0.25) is 10.0 Å². The van der Waals surface area contributed by atoms with Gasteiger partial charge in [-0.15, -0.1) is 0 Å². The Labute approximate surface area is 192 Å². The van der Waals surface area contributed by atoms with Gasteiger partial charge in [0.15, 0.2) is 5.69 Å². The van der Waals surface area contributed by atoms with Crippen molar-refractivity contribution >= 4 is 29.1 Å². The number of halogens is 6. The number of nitrogens with zero attached hydrogens (tertiary/aromatic N) is 4. The molecule has 1 aromatic heterocycles. The normalized spacial score (nSPS) is 17.8. The van der Waals surface area contributed by atoms with E-state index >= 15 is 0 Å². The van der Waals surface area contributed by atoms with Crippen molar-refractivity contribution in [3.05, 3.63) is 51.0 Å². The summed E-state index contributed by atoms with van der Waals surface area (Å²) in [6, 6.07) is 4.56. The van der Waals surface area contributed by atoms with E-state index in [0.29, 0.717) is 49.0 Å². The molecule has 1 aliphatic heterocycles. The maximum atomic E-state index is 14.0. The summed E-state index contributed by atoms with van der Waals surface area (Å²) < 4.78 is 54.8. The van der Waals surface area contributed by atoms with Gasteiger partial charge in [0.25, 0.3) is 0 Å². The predicted octanol–water partition coefficient (Wildman–Crippen LogP) is 4.96. The highest BCUT2D eigenvalue weighted by atomic mass is 35.5. The van der Waals surface area contributed by atoms with Crippen molar-refractivity contribution in [2.24, 2.45) is 0 Å². The number of amides is 1. The van der Waals surface area contributed by atoms with E-state index in [1.807, 2.05) is 4.90 Å². The molecule has 1 aromatic carbocycles. The highest BCUT2D eigenvalue weighted by Crippen LogP contribution is 2.46. The molecule has 5 nitrogen and oxygen atoms in total. The van der Waals surface area contributed by atoms with Gasteiger partial charge in [0.05, 0.1) is 17.3 Å². The second kappa shape index (κ2) is 9.19. The van der Waals surface area contributed by atoms with E-state index in [0.717, 1.165) is 12.8 Å². The number of piperazine rings is 1. The lowest BCUT2D eigenvalue weighted by atomic mass is 10.1. The van der Waals surface area contributed by atoms with Crippen LogP contribution < -0.4 is 0 Å². The number of alkyl halides is 3. The van der Waals surface area contributed by atoms with E-state index in [2.05, 4.69) is 5.10 Å². The standard InChI is InChI=1S/C21H22Cl2F4N4O/c22-15-2-1-3-16(24)14(15)12-29-8-10-30(11-9-29)17(32)6-7-31-19(13-4-5-13)18(23)20(28-31)21(25,26)27/h1-3,13H,4-12H2. The SMILES string of the molecule is O=C(CCn1nc(C(F)(F)F)c(Cl)c1C1CC1)N1CCN(Cc2c(F)cccc2Cl)CC1. The number of carbonyl (C=O) groups is 1. The Hall–Kier alpha value is -1.84. The first-order chi connectivity index (χ1) is 15.1. The van der Waals surface area contributed by atoms with Gasteiger partial charge < -0.3 is 4.90 Å². The zero-order valence-corrected chi connectivity index (χ0v) is 18.7. The highest BCUT2D eigenvalue weighted by Gasteiger charge is 2.42. The van der Waals surface area contributed by atoms with Crippen molar-refractivity contribution < 1.29 is 22.4 Å². The fourth-order valence-corrected chi connectivity index (χ4v) is 4.59. The minimum atomic E-state index is -4.63. The summed E-state index contributed by atoms with van der Waals surface area (Å²) in [5.74, 6) is -0.552. The van der Waals surface area contributed by atoms with Gasteiger partial charge >= 0.3 is 6.18 Å². The molecule has 2 heterocycles. The average Bonchev–Trinajstić information content (AvgIpc) is 3.51. The third kappa shape index (κ3) is 5.05. The van der Waals surface area contributed by atoms with Gasteiger partial charge in [-0.3, -0.25) is 14.4 Å². The Morgan fingerprint density at radius 1 is 1.12 bits per heavy atom. The Balaban J connectivity index is 1.33. The largest absolute Gasteiger partial charge is 0.436 e. The summed E-state index contributed by atoms with van der Waals surface area (Å²) in [5.41, 5.74) is -0.287. The maximum absolute atomic E-state index is 14.0. The minimum Gasteiger partial charge on any atom is -0.340 e. The molecule has 0 unspecified atom stereocenters.